The van der Waals surface area contributed by atoms with Crippen molar-refractivity contribution in [2.24, 2.45) is 0 Å². The van der Waals surface area contributed by atoms with E-state index in [-0.39, 0.29) is 17.9 Å². The van der Waals surface area contributed by atoms with Crippen LogP contribution in [0.2, 0.25) is 0 Å². The number of aryl methyl sites for hydroxylation is 1. The van der Waals surface area contributed by atoms with Crippen LogP contribution in [0.25, 0.3) is 0 Å². The summed E-state index contributed by atoms with van der Waals surface area (Å²) < 4.78 is 5.65. The topological polar surface area (TPSA) is 75.6 Å². The van der Waals surface area contributed by atoms with Gasteiger partial charge in [-0.1, -0.05) is 25.5 Å². The Morgan fingerprint density at radius 3 is 2.64 bits per heavy atom. The summed E-state index contributed by atoms with van der Waals surface area (Å²) in [6, 6.07) is 12.0. The molecule has 132 valence electrons. The third-order valence-corrected chi connectivity index (χ3v) is 3.78. The van der Waals surface area contributed by atoms with Crippen LogP contribution in [0.3, 0.4) is 0 Å². The minimum absolute atomic E-state index is 0.120. The lowest BCUT2D eigenvalue weighted by Crippen LogP contribution is -2.15. The number of carbonyl (C=O) groups excluding carboxylic acids is 1. The molecule has 1 amide bonds. The minimum atomic E-state index is -1.00. The van der Waals surface area contributed by atoms with E-state index in [4.69, 9.17) is 9.84 Å². The molecular formula is C20H23NO4. The van der Waals surface area contributed by atoms with Crippen molar-refractivity contribution in [2.75, 3.05) is 11.9 Å². The average Bonchev–Trinajstić information content (AvgIpc) is 2.57. The lowest BCUT2D eigenvalue weighted by atomic mass is 10.1. The van der Waals surface area contributed by atoms with Crippen molar-refractivity contribution >= 4 is 17.6 Å². The lowest BCUT2D eigenvalue weighted by Gasteiger charge is -2.11. The number of hydrogen-bond donors (Lipinski definition) is 2. The third-order valence-electron chi connectivity index (χ3n) is 3.78. The molecule has 0 aliphatic carbocycles. The maximum atomic E-state index is 12.2. The zero-order valence-corrected chi connectivity index (χ0v) is 14.5. The number of carboxylic acids is 1. The molecule has 0 saturated carbocycles. The fourth-order valence-corrected chi connectivity index (χ4v) is 2.39. The van der Waals surface area contributed by atoms with Crippen molar-refractivity contribution in [1.29, 1.82) is 0 Å². The normalized spacial score (nSPS) is 10.3. The second kappa shape index (κ2) is 8.87. The van der Waals surface area contributed by atoms with E-state index in [9.17, 15) is 9.59 Å². The summed E-state index contributed by atoms with van der Waals surface area (Å²) in [7, 11) is 0. The van der Waals surface area contributed by atoms with Crippen LogP contribution in [0.15, 0.2) is 42.5 Å². The summed E-state index contributed by atoms with van der Waals surface area (Å²) in [5.74, 6) is -0.403. The molecular weight excluding hydrogens is 318 g/mol. The highest BCUT2D eigenvalue weighted by Gasteiger charge is 2.09. The molecule has 0 aliphatic rings. The first-order chi connectivity index (χ1) is 12.0. The second-order valence-electron chi connectivity index (χ2n) is 5.91. The van der Waals surface area contributed by atoms with Gasteiger partial charge >= 0.3 is 5.97 Å². The van der Waals surface area contributed by atoms with Gasteiger partial charge in [0.05, 0.1) is 18.6 Å². The van der Waals surface area contributed by atoms with Gasteiger partial charge < -0.3 is 15.2 Å². The molecule has 0 radical (unpaired) electrons. The Morgan fingerprint density at radius 1 is 1.16 bits per heavy atom. The summed E-state index contributed by atoms with van der Waals surface area (Å²) in [6.45, 7) is 4.70. The van der Waals surface area contributed by atoms with E-state index < -0.39 is 5.97 Å². The van der Waals surface area contributed by atoms with E-state index in [1.165, 1.54) is 12.1 Å². The van der Waals surface area contributed by atoms with Gasteiger partial charge in [-0.25, -0.2) is 4.79 Å². The van der Waals surface area contributed by atoms with Gasteiger partial charge in [0, 0.05) is 5.69 Å². The Morgan fingerprint density at radius 2 is 1.96 bits per heavy atom. The molecule has 25 heavy (non-hydrogen) atoms. The number of benzene rings is 2. The third kappa shape index (κ3) is 5.64. The zero-order chi connectivity index (χ0) is 18.2. The molecule has 2 N–H and O–H groups in total. The summed E-state index contributed by atoms with van der Waals surface area (Å²) in [5, 5.41) is 11.9. The van der Waals surface area contributed by atoms with Crippen molar-refractivity contribution in [3.63, 3.8) is 0 Å². The summed E-state index contributed by atoms with van der Waals surface area (Å²) in [6.07, 6.45) is 2.21. The Balaban J connectivity index is 1.98. The van der Waals surface area contributed by atoms with Gasteiger partial charge in [-0.3, -0.25) is 4.79 Å². The number of anilines is 1. The van der Waals surface area contributed by atoms with Crippen LogP contribution in [0.1, 0.15) is 41.3 Å². The molecule has 2 aromatic carbocycles. The molecule has 5 heteroatoms. The first-order valence-electron chi connectivity index (χ1n) is 8.35. The quantitative estimate of drug-likeness (QED) is 0.710. The van der Waals surface area contributed by atoms with Crippen molar-refractivity contribution in [3.8, 4) is 5.75 Å². The number of rotatable bonds is 8. The minimum Gasteiger partial charge on any atom is -0.494 e. The van der Waals surface area contributed by atoms with E-state index in [0.29, 0.717) is 12.2 Å². The number of nitrogens with one attached hydrogen (secondary N) is 1. The van der Waals surface area contributed by atoms with Gasteiger partial charge in [0.2, 0.25) is 5.91 Å². The number of carbonyl (C=O) groups is 2. The molecule has 0 unspecified atom stereocenters. The number of ether oxygens (including phenoxy) is 1. The van der Waals surface area contributed by atoms with Crippen LogP contribution in [0.5, 0.6) is 5.75 Å². The Bertz CT molecular complexity index is 755. The molecule has 0 heterocycles. The monoisotopic (exact) mass is 341 g/mol. The number of aromatic carboxylic acids is 1. The van der Waals surface area contributed by atoms with Crippen molar-refractivity contribution in [3.05, 3.63) is 59.2 Å². The van der Waals surface area contributed by atoms with Crippen molar-refractivity contribution in [1.82, 2.24) is 0 Å². The highest BCUT2D eigenvalue weighted by Crippen LogP contribution is 2.22. The maximum absolute atomic E-state index is 12.2. The summed E-state index contributed by atoms with van der Waals surface area (Å²) in [4.78, 5) is 23.2. The zero-order valence-electron chi connectivity index (χ0n) is 14.5. The molecule has 2 aromatic rings. The van der Waals surface area contributed by atoms with Crippen LogP contribution in [0, 0.1) is 6.92 Å². The fourth-order valence-electron chi connectivity index (χ4n) is 2.39. The predicted molar refractivity (Wildman–Crippen MR) is 97.3 cm³/mol. The first kappa shape index (κ1) is 18.5. The molecule has 0 aliphatic heterocycles. The average molecular weight is 341 g/mol. The Hall–Kier alpha value is -2.82. The van der Waals surface area contributed by atoms with E-state index in [1.807, 2.05) is 25.1 Å². The number of carboxylic acid groups (broad SMARTS) is 1. The molecule has 2 rings (SSSR count). The number of hydrogen-bond acceptors (Lipinski definition) is 3. The van der Waals surface area contributed by atoms with Gasteiger partial charge in [0.25, 0.3) is 0 Å². The number of amides is 1. The summed E-state index contributed by atoms with van der Waals surface area (Å²) >= 11 is 0. The highest BCUT2D eigenvalue weighted by atomic mass is 16.5. The SMILES string of the molecule is CCCCOc1ccc(NC(=O)Cc2cccc(C(=O)O)c2)c(C)c1. The van der Waals surface area contributed by atoms with Gasteiger partial charge in [-0.2, -0.15) is 0 Å². The fraction of sp³-hybridized carbons (Fsp3) is 0.300. The van der Waals surface area contributed by atoms with Crippen LogP contribution in [-0.2, 0) is 11.2 Å². The predicted octanol–water partition coefficient (Wildman–Crippen LogP) is 4.05. The molecule has 0 saturated heterocycles. The van der Waals surface area contributed by atoms with E-state index >= 15 is 0 Å². The summed E-state index contributed by atoms with van der Waals surface area (Å²) in [5.41, 5.74) is 2.48. The van der Waals surface area contributed by atoms with Crippen LogP contribution in [0.4, 0.5) is 5.69 Å². The van der Waals surface area contributed by atoms with E-state index in [2.05, 4.69) is 12.2 Å². The van der Waals surface area contributed by atoms with Gasteiger partial charge in [0.1, 0.15) is 5.75 Å². The van der Waals surface area contributed by atoms with E-state index in [1.54, 1.807) is 12.1 Å². The Labute approximate surface area is 147 Å². The number of unbranched alkanes of at least 4 members (excludes halogenated alkanes) is 1. The van der Waals surface area contributed by atoms with Crippen molar-refractivity contribution in [2.45, 2.75) is 33.1 Å². The first-order valence-corrected chi connectivity index (χ1v) is 8.35. The molecule has 0 atom stereocenters. The molecule has 0 fully saturated rings. The van der Waals surface area contributed by atoms with Crippen molar-refractivity contribution < 1.29 is 19.4 Å². The van der Waals surface area contributed by atoms with Gasteiger partial charge in [-0.15, -0.1) is 0 Å². The maximum Gasteiger partial charge on any atom is 0.335 e. The largest absolute Gasteiger partial charge is 0.494 e. The smallest absolute Gasteiger partial charge is 0.335 e. The molecule has 5 nitrogen and oxygen atoms in total. The van der Waals surface area contributed by atoms with Gasteiger partial charge in [-0.05, 0) is 54.8 Å². The lowest BCUT2D eigenvalue weighted by molar-refractivity contribution is -0.115. The molecule has 0 bridgehead atoms. The standard InChI is InChI=1S/C20H23NO4/c1-3-4-10-25-17-8-9-18(14(2)11-17)21-19(22)13-15-6-5-7-16(12-15)20(23)24/h5-9,11-12H,3-4,10,13H2,1-2H3,(H,21,22)(H,23,24). The highest BCUT2D eigenvalue weighted by molar-refractivity contribution is 5.93. The van der Waals surface area contributed by atoms with Crippen LogP contribution < -0.4 is 10.1 Å². The van der Waals surface area contributed by atoms with Gasteiger partial charge in [0.15, 0.2) is 0 Å². The molecule has 0 aromatic heterocycles. The van der Waals surface area contributed by atoms with Crippen LogP contribution >= 0.6 is 0 Å². The molecule has 0 spiro atoms. The second-order valence-corrected chi connectivity index (χ2v) is 5.91. The Kier molecular flexibility index (Phi) is 6.57. The van der Waals surface area contributed by atoms with E-state index in [0.717, 1.165) is 29.8 Å². The van der Waals surface area contributed by atoms with Crippen LogP contribution in [-0.4, -0.2) is 23.6 Å².